The summed E-state index contributed by atoms with van der Waals surface area (Å²) >= 11 is 0. The summed E-state index contributed by atoms with van der Waals surface area (Å²) in [5, 5.41) is 0. The summed E-state index contributed by atoms with van der Waals surface area (Å²) in [6.45, 7) is 2.18. The van der Waals surface area contributed by atoms with Crippen LogP contribution in [0.2, 0.25) is 0 Å². The van der Waals surface area contributed by atoms with E-state index in [1.165, 1.54) is 4.57 Å². The highest BCUT2D eigenvalue weighted by molar-refractivity contribution is 5.93. The zero-order valence-corrected chi connectivity index (χ0v) is 11.1. The Labute approximate surface area is 115 Å². The van der Waals surface area contributed by atoms with Crippen molar-refractivity contribution in [2.45, 2.75) is 13.5 Å². The van der Waals surface area contributed by atoms with Crippen LogP contribution in [-0.4, -0.2) is 22.1 Å². The Morgan fingerprint density at radius 1 is 1.35 bits per heavy atom. The average molecular weight is 273 g/mol. The lowest BCUT2D eigenvalue weighted by Gasteiger charge is -2.12. The zero-order chi connectivity index (χ0) is 14.5. The molecule has 1 aromatic heterocycles. The number of nitrogens with two attached hydrogens (primary N) is 1. The van der Waals surface area contributed by atoms with Gasteiger partial charge in [-0.15, -0.1) is 0 Å². The molecule has 2 aromatic rings. The maximum atomic E-state index is 11.8. The average Bonchev–Trinajstić information content (AvgIpc) is 2.45. The first-order valence-electron chi connectivity index (χ1n) is 6.19. The van der Waals surface area contributed by atoms with Gasteiger partial charge in [-0.3, -0.25) is 4.57 Å². The Morgan fingerprint density at radius 2 is 2.05 bits per heavy atom. The third-order valence-corrected chi connectivity index (χ3v) is 2.78. The van der Waals surface area contributed by atoms with Gasteiger partial charge in [-0.2, -0.15) is 0 Å². The van der Waals surface area contributed by atoms with E-state index >= 15 is 0 Å². The van der Waals surface area contributed by atoms with Crippen molar-refractivity contribution in [3.05, 3.63) is 58.1 Å². The van der Waals surface area contributed by atoms with Gasteiger partial charge in [-0.25, -0.2) is 14.6 Å². The van der Waals surface area contributed by atoms with Gasteiger partial charge in [0.1, 0.15) is 11.4 Å². The van der Waals surface area contributed by atoms with Crippen LogP contribution >= 0.6 is 0 Å². The van der Waals surface area contributed by atoms with Gasteiger partial charge < -0.3 is 10.5 Å². The van der Waals surface area contributed by atoms with E-state index in [1.54, 1.807) is 6.92 Å². The van der Waals surface area contributed by atoms with Gasteiger partial charge in [0.25, 0.3) is 0 Å². The van der Waals surface area contributed by atoms with Gasteiger partial charge in [-0.05, 0) is 12.5 Å². The van der Waals surface area contributed by atoms with Crippen molar-refractivity contribution < 1.29 is 9.53 Å². The minimum atomic E-state index is -0.584. The molecule has 0 unspecified atom stereocenters. The molecule has 0 saturated heterocycles. The van der Waals surface area contributed by atoms with E-state index in [-0.39, 0.29) is 24.5 Å². The molecule has 1 heterocycles. The van der Waals surface area contributed by atoms with E-state index in [0.717, 1.165) is 11.8 Å². The second kappa shape index (κ2) is 6.01. The minimum Gasteiger partial charge on any atom is -0.462 e. The number of carbonyl (C=O) groups is 1. The lowest BCUT2D eigenvalue weighted by atomic mass is 10.2. The molecule has 0 aliphatic heterocycles. The van der Waals surface area contributed by atoms with Gasteiger partial charge >= 0.3 is 11.7 Å². The van der Waals surface area contributed by atoms with Crippen molar-refractivity contribution in [2.24, 2.45) is 0 Å². The van der Waals surface area contributed by atoms with E-state index in [2.05, 4.69) is 4.98 Å². The predicted octanol–water partition coefficient (Wildman–Crippen LogP) is 1.05. The second-order valence-corrected chi connectivity index (χ2v) is 4.13. The molecule has 0 atom stereocenters. The monoisotopic (exact) mass is 273 g/mol. The molecular formula is C14H15N3O3. The number of nitrogens with zero attached hydrogens (tertiary/aromatic N) is 2. The minimum absolute atomic E-state index is 0.0623. The molecule has 0 spiro atoms. The van der Waals surface area contributed by atoms with E-state index in [1.807, 2.05) is 30.3 Å². The number of ether oxygens (including phenoxy) is 1. The smallest absolute Gasteiger partial charge is 0.349 e. The molecular weight excluding hydrogens is 258 g/mol. The third-order valence-electron chi connectivity index (χ3n) is 2.78. The normalized spacial score (nSPS) is 10.2. The van der Waals surface area contributed by atoms with Crippen molar-refractivity contribution in [1.82, 2.24) is 9.55 Å². The molecule has 0 amide bonds. The number of aromatic nitrogens is 2. The molecule has 0 aliphatic carbocycles. The molecule has 0 fully saturated rings. The summed E-state index contributed by atoms with van der Waals surface area (Å²) < 4.78 is 6.13. The summed E-state index contributed by atoms with van der Waals surface area (Å²) in [5.74, 6) is -0.522. The first kappa shape index (κ1) is 13.8. The fraction of sp³-hybridized carbons (Fsp3) is 0.214. The van der Waals surface area contributed by atoms with E-state index in [0.29, 0.717) is 0 Å². The molecule has 1 aromatic carbocycles. The first-order valence-corrected chi connectivity index (χ1v) is 6.19. The fourth-order valence-corrected chi connectivity index (χ4v) is 1.79. The molecule has 2 rings (SSSR count). The Kier molecular flexibility index (Phi) is 4.14. The summed E-state index contributed by atoms with van der Waals surface area (Å²) in [5.41, 5.74) is 6.38. The van der Waals surface area contributed by atoms with Gasteiger partial charge in [0.05, 0.1) is 19.3 Å². The molecule has 0 aliphatic rings. The summed E-state index contributed by atoms with van der Waals surface area (Å²) in [6.07, 6.45) is 1.15. The highest BCUT2D eigenvalue weighted by atomic mass is 16.5. The maximum absolute atomic E-state index is 11.8. The highest BCUT2D eigenvalue weighted by Crippen LogP contribution is 2.11. The number of hydrogen-bond donors (Lipinski definition) is 1. The Hall–Kier alpha value is -2.63. The SMILES string of the molecule is CCOC(=O)c1cnc(=O)n(Cc2ccccc2)c1N. The topological polar surface area (TPSA) is 87.2 Å². The van der Waals surface area contributed by atoms with Crippen LogP contribution < -0.4 is 11.4 Å². The summed E-state index contributed by atoms with van der Waals surface area (Å²) in [4.78, 5) is 27.2. The Balaban J connectivity index is 2.40. The summed E-state index contributed by atoms with van der Waals surface area (Å²) in [6, 6.07) is 9.33. The first-order chi connectivity index (χ1) is 9.63. The highest BCUT2D eigenvalue weighted by Gasteiger charge is 2.16. The molecule has 0 radical (unpaired) electrons. The van der Waals surface area contributed by atoms with Crippen molar-refractivity contribution in [1.29, 1.82) is 0 Å². The fourth-order valence-electron chi connectivity index (χ4n) is 1.79. The lowest BCUT2D eigenvalue weighted by Crippen LogP contribution is -2.28. The van der Waals surface area contributed by atoms with Crippen LogP contribution in [0.15, 0.2) is 41.3 Å². The third kappa shape index (κ3) is 2.85. The van der Waals surface area contributed by atoms with Crippen LogP contribution in [0, 0.1) is 0 Å². The Morgan fingerprint density at radius 3 is 2.70 bits per heavy atom. The van der Waals surface area contributed by atoms with E-state index in [4.69, 9.17) is 10.5 Å². The van der Waals surface area contributed by atoms with Crippen LogP contribution in [-0.2, 0) is 11.3 Å². The predicted molar refractivity (Wildman–Crippen MR) is 74.4 cm³/mol. The maximum Gasteiger partial charge on any atom is 0.349 e. The quantitative estimate of drug-likeness (QED) is 0.841. The molecule has 0 bridgehead atoms. The van der Waals surface area contributed by atoms with Crippen molar-refractivity contribution >= 4 is 11.8 Å². The number of esters is 1. The number of benzene rings is 1. The van der Waals surface area contributed by atoms with E-state index in [9.17, 15) is 9.59 Å². The van der Waals surface area contributed by atoms with Crippen LogP contribution in [0.3, 0.4) is 0 Å². The molecule has 2 N–H and O–H groups in total. The number of carbonyl (C=O) groups excluding carboxylic acids is 1. The molecule has 0 saturated carbocycles. The zero-order valence-electron chi connectivity index (χ0n) is 11.1. The van der Waals surface area contributed by atoms with Gasteiger partial charge in [-0.1, -0.05) is 30.3 Å². The number of anilines is 1. The molecule has 104 valence electrons. The van der Waals surface area contributed by atoms with Gasteiger partial charge in [0.2, 0.25) is 0 Å². The molecule has 6 heteroatoms. The van der Waals surface area contributed by atoms with Crippen LogP contribution in [0.5, 0.6) is 0 Å². The Bertz CT molecular complexity index is 665. The number of hydrogen-bond acceptors (Lipinski definition) is 5. The van der Waals surface area contributed by atoms with Gasteiger partial charge in [0.15, 0.2) is 0 Å². The molecule has 6 nitrogen and oxygen atoms in total. The number of nitrogen functional groups attached to an aromatic ring is 1. The summed E-state index contributed by atoms with van der Waals surface area (Å²) in [7, 11) is 0. The molecule has 20 heavy (non-hydrogen) atoms. The lowest BCUT2D eigenvalue weighted by molar-refractivity contribution is 0.0526. The van der Waals surface area contributed by atoms with Crippen LogP contribution in [0.25, 0.3) is 0 Å². The second-order valence-electron chi connectivity index (χ2n) is 4.13. The largest absolute Gasteiger partial charge is 0.462 e. The van der Waals surface area contributed by atoms with Crippen molar-refractivity contribution in [3.8, 4) is 0 Å². The van der Waals surface area contributed by atoms with Crippen LogP contribution in [0.4, 0.5) is 5.82 Å². The van der Waals surface area contributed by atoms with E-state index < -0.39 is 11.7 Å². The number of rotatable bonds is 4. The van der Waals surface area contributed by atoms with Crippen molar-refractivity contribution in [3.63, 3.8) is 0 Å². The van der Waals surface area contributed by atoms with Gasteiger partial charge in [0, 0.05) is 0 Å². The van der Waals surface area contributed by atoms with Crippen LogP contribution in [0.1, 0.15) is 22.8 Å². The standard InChI is InChI=1S/C14H15N3O3/c1-2-20-13(18)11-8-16-14(19)17(12(11)15)9-10-6-4-3-5-7-10/h3-8H,2,9,15H2,1H3. The van der Waals surface area contributed by atoms with Crippen molar-refractivity contribution in [2.75, 3.05) is 12.3 Å².